The third kappa shape index (κ3) is 2.68. The molecule has 6 nitrogen and oxygen atoms in total. The molecule has 0 amide bonds. The Morgan fingerprint density at radius 2 is 2.00 bits per heavy atom. The molecule has 28 heavy (non-hydrogen) atoms. The summed E-state index contributed by atoms with van der Waals surface area (Å²) in [6, 6.07) is 12.0. The van der Waals surface area contributed by atoms with E-state index in [1.165, 1.54) is 11.9 Å². The number of furan rings is 1. The molecule has 0 radical (unpaired) electrons. The van der Waals surface area contributed by atoms with Crippen molar-refractivity contribution in [2.45, 2.75) is 44.6 Å². The van der Waals surface area contributed by atoms with Crippen LogP contribution in [0.25, 0.3) is 0 Å². The van der Waals surface area contributed by atoms with E-state index in [-0.39, 0.29) is 17.7 Å². The number of nitrogens with zero attached hydrogens (tertiary/aromatic N) is 3. The van der Waals surface area contributed by atoms with Crippen LogP contribution in [0, 0.1) is 0 Å². The molecule has 0 fully saturated rings. The average molecular weight is 374 g/mol. The highest BCUT2D eigenvalue weighted by molar-refractivity contribution is 6.00. The lowest BCUT2D eigenvalue weighted by Gasteiger charge is -2.34. The number of fused-ring (bicyclic) bond motifs is 1. The number of anilines is 1. The standard InChI is InChI=1S/C22H22N4O2/c1-13(2)14-5-7-15(8-6-14)21-20-17(25-22-23-12-24-26(21)22)10-16(11-18(20)27)19-4-3-9-28-19/h3-9,12-13,16,21H,10-11H2,1-2H3,(H,23,24,25). The Morgan fingerprint density at radius 1 is 1.18 bits per heavy atom. The largest absolute Gasteiger partial charge is 0.469 e. The minimum atomic E-state index is -0.250. The van der Waals surface area contributed by atoms with Crippen molar-refractivity contribution < 1.29 is 9.21 Å². The van der Waals surface area contributed by atoms with Crippen LogP contribution in [0.4, 0.5) is 5.95 Å². The van der Waals surface area contributed by atoms with Crippen LogP contribution in [0.1, 0.15) is 61.5 Å². The minimum Gasteiger partial charge on any atom is -0.469 e. The van der Waals surface area contributed by atoms with E-state index in [0.29, 0.717) is 18.3 Å². The number of Topliss-reactive ketones (excluding diaryl/α,β-unsaturated/α-hetero) is 1. The van der Waals surface area contributed by atoms with Crippen molar-refractivity contribution in [2.24, 2.45) is 0 Å². The maximum absolute atomic E-state index is 13.2. The van der Waals surface area contributed by atoms with Gasteiger partial charge in [-0.1, -0.05) is 38.1 Å². The molecule has 1 N–H and O–H groups in total. The molecule has 0 bridgehead atoms. The summed E-state index contributed by atoms with van der Waals surface area (Å²) in [6.45, 7) is 4.35. The van der Waals surface area contributed by atoms with Gasteiger partial charge in [-0.05, 0) is 35.6 Å². The zero-order valence-corrected chi connectivity index (χ0v) is 15.9. The van der Waals surface area contributed by atoms with Gasteiger partial charge in [0.05, 0.1) is 6.26 Å². The summed E-state index contributed by atoms with van der Waals surface area (Å²) < 4.78 is 7.38. The van der Waals surface area contributed by atoms with Gasteiger partial charge in [-0.2, -0.15) is 10.1 Å². The van der Waals surface area contributed by atoms with Gasteiger partial charge in [-0.3, -0.25) is 4.79 Å². The predicted molar refractivity (Wildman–Crippen MR) is 105 cm³/mol. The molecule has 0 saturated carbocycles. The summed E-state index contributed by atoms with van der Waals surface area (Å²) in [5.41, 5.74) is 4.04. The van der Waals surface area contributed by atoms with Crippen LogP contribution in [0.3, 0.4) is 0 Å². The van der Waals surface area contributed by atoms with Crippen LogP contribution >= 0.6 is 0 Å². The Bertz CT molecular complexity index is 1040. The topological polar surface area (TPSA) is 73.0 Å². The van der Waals surface area contributed by atoms with E-state index in [1.807, 2.05) is 16.8 Å². The lowest BCUT2D eigenvalue weighted by molar-refractivity contribution is -0.117. The molecule has 2 aromatic heterocycles. The minimum absolute atomic E-state index is 0.0483. The number of allylic oxidation sites excluding steroid dienone is 2. The first-order valence-electron chi connectivity index (χ1n) is 9.68. The first kappa shape index (κ1) is 17.0. The number of ketones is 1. The highest BCUT2D eigenvalue weighted by atomic mass is 16.3. The summed E-state index contributed by atoms with van der Waals surface area (Å²) in [6.07, 6.45) is 4.36. The third-order valence-electron chi connectivity index (χ3n) is 5.73. The molecule has 0 spiro atoms. The maximum atomic E-state index is 13.2. The number of aromatic nitrogens is 3. The predicted octanol–water partition coefficient (Wildman–Crippen LogP) is 4.41. The lowest BCUT2D eigenvalue weighted by atomic mass is 9.79. The van der Waals surface area contributed by atoms with Crippen LogP contribution in [0.15, 0.2) is 64.7 Å². The van der Waals surface area contributed by atoms with Crippen molar-refractivity contribution in [3.8, 4) is 0 Å². The Morgan fingerprint density at radius 3 is 2.71 bits per heavy atom. The zero-order valence-electron chi connectivity index (χ0n) is 15.9. The average Bonchev–Trinajstić information content (AvgIpc) is 3.38. The third-order valence-corrected chi connectivity index (χ3v) is 5.73. The summed E-state index contributed by atoms with van der Waals surface area (Å²) in [7, 11) is 0. The monoisotopic (exact) mass is 374 g/mol. The van der Waals surface area contributed by atoms with Crippen LogP contribution < -0.4 is 5.32 Å². The molecule has 5 rings (SSSR count). The molecule has 6 heteroatoms. The molecule has 2 atom stereocenters. The number of hydrogen-bond acceptors (Lipinski definition) is 5. The molecule has 142 valence electrons. The van der Waals surface area contributed by atoms with Crippen LogP contribution in [-0.4, -0.2) is 20.5 Å². The van der Waals surface area contributed by atoms with Crippen LogP contribution in [0.5, 0.6) is 0 Å². The van der Waals surface area contributed by atoms with Crippen LogP contribution in [-0.2, 0) is 4.79 Å². The van der Waals surface area contributed by atoms with Crippen molar-refractivity contribution in [1.82, 2.24) is 14.8 Å². The van der Waals surface area contributed by atoms with E-state index >= 15 is 0 Å². The molecular formula is C22H22N4O2. The Labute approximate surface area is 163 Å². The molecule has 1 aromatic carbocycles. The van der Waals surface area contributed by atoms with E-state index in [4.69, 9.17) is 4.42 Å². The number of nitrogens with one attached hydrogen (secondary N) is 1. The van der Waals surface area contributed by atoms with Crippen molar-refractivity contribution in [1.29, 1.82) is 0 Å². The van der Waals surface area contributed by atoms with Gasteiger partial charge in [-0.25, -0.2) is 4.68 Å². The van der Waals surface area contributed by atoms with Crippen molar-refractivity contribution in [3.05, 3.63) is 77.1 Å². The van der Waals surface area contributed by atoms with E-state index in [0.717, 1.165) is 29.0 Å². The Balaban J connectivity index is 1.58. The first-order valence-corrected chi connectivity index (χ1v) is 9.68. The fraction of sp³-hybridized carbons (Fsp3) is 0.318. The van der Waals surface area contributed by atoms with Crippen molar-refractivity contribution in [3.63, 3.8) is 0 Å². The van der Waals surface area contributed by atoms with Gasteiger partial charge >= 0.3 is 0 Å². The second kappa shape index (κ2) is 6.48. The van der Waals surface area contributed by atoms with Gasteiger partial charge in [-0.15, -0.1) is 0 Å². The summed E-state index contributed by atoms with van der Waals surface area (Å²) in [5.74, 6) is 2.17. The molecule has 3 aromatic rings. The summed E-state index contributed by atoms with van der Waals surface area (Å²) >= 11 is 0. The molecule has 1 aliphatic carbocycles. The lowest BCUT2D eigenvalue weighted by Crippen LogP contribution is -2.33. The zero-order chi connectivity index (χ0) is 19.3. The van der Waals surface area contributed by atoms with Gasteiger partial charge < -0.3 is 9.73 Å². The second-order valence-corrected chi connectivity index (χ2v) is 7.81. The van der Waals surface area contributed by atoms with E-state index in [1.54, 1.807) is 6.26 Å². The van der Waals surface area contributed by atoms with Gasteiger partial charge in [0.2, 0.25) is 5.95 Å². The molecule has 1 aliphatic heterocycles. The Hall–Kier alpha value is -3.15. The molecule has 0 saturated heterocycles. The highest BCUT2D eigenvalue weighted by Crippen LogP contribution is 2.43. The summed E-state index contributed by atoms with van der Waals surface area (Å²) in [5, 5.41) is 7.74. The molecule has 2 unspecified atom stereocenters. The fourth-order valence-electron chi connectivity index (χ4n) is 4.25. The van der Waals surface area contributed by atoms with E-state index in [2.05, 4.69) is 53.5 Å². The number of hydrogen-bond donors (Lipinski definition) is 1. The summed E-state index contributed by atoms with van der Waals surface area (Å²) in [4.78, 5) is 17.6. The first-order chi connectivity index (χ1) is 13.6. The number of carbonyl (C=O) groups is 1. The number of rotatable bonds is 3. The van der Waals surface area contributed by atoms with Crippen molar-refractivity contribution >= 4 is 11.7 Å². The maximum Gasteiger partial charge on any atom is 0.226 e. The normalized spacial score (nSPS) is 21.5. The second-order valence-electron chi connectivity index (χ2n) is 7.81. The van der Waals surface area contributed by atoms with E-state index < -0.39 is 0 Å². The number of carbonyl (C=O) groups excluding carboxylic acids is 1. The molecule has 3 heterocycles. The number of benzene rings is 1. The smallest absolute Gasteiger partial charge is 0.226 e. The van der Waals surface area contributed by atoms with Crippen molar-refractivity contribution in [2.75, 3.05) is 5.32 Å². The molecule has 2 aliphatic rings. The quantitative estimate of drug-likeness (QED) is 0.735. The van der Waals surface area contributed by atoms with Gasteiger partial charge in [0, 0.05) is 23.6 Å². The van der Waals surface area contributed by atoms with Crippen LogP contribution in [0.2, 0.25) is 0 Å². The SMILES string of the molecule is CC(C)c1ccc(C2C3=C(CC(c4ccco4)CC3=O)Nc3ncnn32)cc1. The van der Waals surface area contributed by atoms with E-state index in [9.17, 15) is 4.79 Å². The van der Waals surface area contributed by atoms with Gasteiger partial charge in [0.1, 0.15) is 18.1 Å². The molecular weight excluding hydrogens is 352 g/mol. The van der Waals surface area contributed by atoms with Gasteiger partial charge in [0.15, 0.2) is 5.78 Å². The Kier molecular flexibility index (Phi) is 3.93. The fourth-order valence-corrected chi connectivity index (χ4v) is 4.25. The highest BCUT2D eigenvalue weighted by Gasteiger charge is 2.39. The van der Waals surface area contributed by atoms with Gasteiger partial charge in [0.25, 0.3) is 0 Å².